The number of nitrogens with zero attached hydrogens (tertiary/aromatic N) is 2. The molecule has 0 spiro atoms. The van der Waals surface area contributed by atoms with Crippen molar-refractivity contribution in [3.8, 4) is 0 Å². The van der Waals surface area contributed by atoms with E-state index in [4.69, 9.17) is 5.11 Å². The normalized spacial score (nSPS) is 27.6. The molecule has 1 amide bonds. The van der Waals surface area contributed by atoms with Gasteiger partial charge in [0.25, 0.3) is 0 Å². The van der Waals surface area contributed by atoms with Crippen LogP contribution in [0.1, 0.15) is 33.6 Å². The van der Waals surface area contributed by atoms with Gasteiger partial charge in [0.15, 0.2) is 0 Å². The molecule has 0 saturated carbocycles. The van der Waals surface area contributed by atoms with Crippen molar-refractivity contribution in [2.75, 3.05) is 26.7 Å². The summed E-state index contributed by atoms with van der Waals surface area (Å²) in [6.07, 6.45) is 1.55. The number of likely N-dealkylation sites (N-methyl/N-ethyl adjacent to an activating group) is 1. The number of carbonyl (C=O) groups is 1. The Kier molecular flexibility index (Phi) is 5.40. The van der Waals surface area contributed by atoms with Gasteiger partial charge in [-0.1, -0.05) is 13.8 Å². The Labute approximate surface area is 105 Å². The molecule has 0 aromatic rings. The van der Waals surface area contributed by atoms with Gasteiger partial charge in [-0.15, -0.1) is 0 Å². The Bertz CT molecular complexity index is 256. The molecule has 0 aromatic carbocycles. The predicted molar refractivity (Wildman–Crippen MR) is 68.8 cm³/mol. The van der Waals surface area contributed by atoms with Crippen LogP contribution < -0.4 is 0 Å². The van der Waals surface area contributed by atoms with Gasteiger partial charge >= 0.3 is 0 Å². The van der Waals surface area contributed by atoms with Crippen molar-refractivity contribution in [1.29, 1.82) is 0 Å². The van der Waals surface area contributed by atoms with Crippen LogP contribution in [-0.2, 0) is 4.79 Å². The third-order valence-corrected chi connectivity index (χ3v) is 3.50. The first-order valence-electron chi connectivity index (χ1n) is 6.59. The number of hydrogen-bond donors (Lipinski definition) is 1. The van der Waals surface area contributed by atoms with E-state index in [1.165, 1.54) is 0 Å². The summed E-state index contributed by atoms with van der Waals surface area (Å²) >= 11 is 0. The number of carbonyl (C=O) groups excluding carboxylic acids is 1. The van der Waals surface area contributed by atoms with Gasteiger partial charge in [0.1, 0.15) is 0 Å². The molecule has 0 radical (unpaired) electrons. The van der Waals surface area contributed by atoms with E-state index in [-0.39, 0.29) is 18.6 Å². The minimum absolute atomic E-state index is 0.0741. The summed E-state index contributed by atoms with van der Waals surface area (Å²) < 4.78 is 0. The van der Waals surface area contributed by atoms with E-state index in [1.54, 1.807) is 0 Å². The summed E-state index contributed by atoms with van der Waals surface area (Å²) in [5, 5.41) is 9.08. The summed E-state index contributed by atoms with van der Waals surface area (Å²) in [5.41, 5.74) is 0. The highest BCUT2D eigenvalue weighted by atomic mass is 16.3. The predicted octanol–water partition coefficient (Wildman–Crippen LogP) is 0.946. The van der Waals surface area contributed by atoms with Gasteiger partial charge in [-0.25, -0.2) is 0 Å². The zero-order valence-electron chi connectivity index (χ0n) is 11.5. The lowest BCUT2D eigenvalue weighted by molar-refractivity contribution is -0.137. The van der Waals surface area contributed by atoms with Crippen molar-refractivity contribution >= 4 is 5.91 Å². The lowest BCUT2D eigenvalue weighted by atomic mass is 10.1. The molecule has 1 fully saturated rings. The first kappa shape index (κ1) is 14.5. The number of aliphatic hydroxyl groups is 1. The fourth-order valence-corrected chi connectivity index (χ4v) is 2.43. The Hall–Kier alpha value is -0.610. The third kappa shape index (κ3) is 3.68. The molecule has 0 aromatic heterocycles. The second-order valence-electron chi connectivity index (χ2n) is 5.53. The average Bonchev–Trinajstić information content (AvgIpc) is 2.35. The Morgan fingerprint density at radius 2 is 2.12 bits per heavy atom. The molecule has 1 aliphatic rings. The standard InChI is InChI=1S/C13H26N2O2/c1-10(2)9-15-11(3)5-7-14(4)12(6-8-16)13(15)17/h10-12,16H,5-9H2,1-4H3. The zero-order chi connectivity index (χ0) is 13.0. The molecule has 1 saturated heterocycles. The minimum Gasteiger partial charge on any atom is -0.396 e. The lowest BCUT2D eigenvalue weighted by Crippen LogP contribution is -2.48. The molecule has 2 atom stereocenters. The monoisotopic (exact) mass is 242 g/mol. The summed E-state index contributed by atoms with van der Waals surface area (Å²) in [6.45, 7) is 8.20. The van der Waals surface area contributed by atoms with E-state index < -0.39 is 0 Å². The third-order valence-electron chi connectivity index (χ3n) is 3.50. The van der Waals surface area contributed by atoms with Crippen LogP contribution in [0.5, 0.6) is 0 Å². The Morgan fingerprint density at radius 1 is 1.47 bits per heavy atom. The fraction of sp³-hybridized carbons (Fsp3) is 0.923. The molecule has 4 heteroatoms. The summed E-state index contributed by atoms with van der Waals surface area (Å²) in [6, 6.07) is 0.153. The number of aliphatic hydroxyl groups excluding tert-OH is 1. The van der Waals surface area contributed by atoms with E-state index >= 15 is 0 Å². The Morgan fingerprint density at radius 3 is 2.65 bits per heavy atom. The molecule has 0 aliphatic carbocycles. The number of amides is 1. The minimum atomic E-state index is -0.149. The van der Waals surface area contributed by atoms with Crippen LogP contribution in [0.2, 0.25) is 0 Å². The van der Waals surface area contributed by atoms with Gasteiger partial charge in [-0.3, -0.25) is 9.69 Å². The average molecular weight is 242 g/mol. The van der Waals surface area contributed by atoms with Gasteiger partial charge < -0.3 is 10.0 Å². The van der Waals surface area contributed by atoms with Crippen molar-refractivity contribution in [3.05, 3.63) is 0 Å². The molecule has 1 heterocycles. The van der Waals surface area contributed by atoms with Crippen molar-refractivity contribution < 1.29 is 9.90 Å². The quantitative estimate of drug-likeness (QED) is 0.798. The first-order valence-corrected chi connectivity index (χ1v) is 6.59. The fourth-order valence-electron chi connectivity index (χ4n) is 2.43. The number of rotatable bonds is 4. The molecule has 1 aliphatic heterocycles. The maximum absolute atomic E-state index is 12.5. The van der Waals surface area contributed by atoms with Gasteiger partial charge in [0.2, 0.25) is 5.91 Å². The van der Waals surface area contributed by atoms with Crippen LogP contribution in [0.25, 0.3) is 0 Å². The van der Waals surface area contributed by atoms with Crippen LogP contribution in [0.4, 0.5) is 0 Å². The topological polar surface area (TPSA) is 43.8 Å². The van der Waals surface area contributed by atoms with E-state index in [9.17, 15) is 4.79 Å². The van der Waals surface area contributed by atoms with Crippen molar-refractivity contribution in [2.45, 2.75) is 45.7 Å². The zero-order valence-corrected chi connectivity index (χ0v) is 11.5. The molecular weight excluding hydrogens is 216 g/mol. The first-order chi connectivity index (χ1) is 7.97. The van der Waals surface area contributed by atoms with Gasteiger partial charge in [0, 0.05) is 25.7 Å². The highest BCUT2D eigenvalue weighted by Gasteiger charge is 2.33. The van der Waals surface area contributed by atoms with Crippen molar-refractivity contribution in [1.82, 2.24) is 9.80 Å². The summed E-state index contributed by atoms with van der Waals surface area (Å²) in [5.74, 6) is 0.667. The Balaban J connectivity index is 2.82. The van der Waals surface area contributed by atoms with Crippen LogP contribution >= 0.6 is 0 Å². The lowest BCUT2D eigenvalue weighted by Gasteiger charge is -2.31. The van der Waals surface area contributed by atoms with Crippen molar-refractivity contribution in [3.63, 3.8) is 0 Å². The summed E-state index contributed by atoms with van der Waals surface area (Å²) in [7, 11) is 1.98. The molecular formula is C13H26N2O2. The second-order valence-corrected chi connectivity index (χ2v) is 5.53. The van der Waals surface area contributed by atoms with Gasteiger partial charge in [-0.05, 0) is 32.7 Å². The molecule has 100 valence electrons. The maximum Gasteiger partial charge on any atom is 0.240 e. The largest absolute Gasteiger partial charge is 0.396 e. The van der Waals surface area contributed by atoms with Crippen LogP contribution in [0.15, 0.2) is 0 Å². The molecule has 17 heavy (non-hydrogen) atoms. The van der Waals surface area contributed by atoms with Crippen LogP contribution in [-0.4, -0.2) is 59.6 Å². The summed E-state index contributed by atoms with van der Waals surface area (Å²) in [4.78, 5) is 16.5. The smallest absolute Gasteiger partial charge is 0.240 e. The highest BCUT2D eigenvalue weighted by Crippen LogP contribution is 2.18. The molecule has 4 nitrogen and oxygen atoms in total. The SMILES string of the molecule is CC(C)CN1C(=O)C(CCO)N(C)CCC1C. The van der Waals surface area contributed by atoms with Gasteiger partial charge in [-0.2, -0.15) is 0 Å². The van der Waals surface area contributed by atoms with E-state index in [0.717, 1.165) is 19.5 Å². The number of hydrogen-bond acceptors (Lipinski definition) is 3. The van der Waals surface area contributed by atoms with Crippen LogP contribution in [0.3, 0.4) is 0 Å². The molecule has 1 N–H and O–H groups in total. The second kappa shape index (κ2) is 6.36. The maximum atomic E-state index is 12.5. The van der Waals surface area contributed by atoms with E-state index in [1.807, 2.05) is 11.9 Å². The highest BCUT2D eigenvalue weighted by molar-refractivity contribution is 5.82. The van der Waals surface area contributed by atoms with Crippen molar-refractivity contribution in [2.24, 2.45) is 5.92 Å². The van der Waals surface area contributed by atoms with E-state index in [2.05, 4.69) is 25.7 Å². The van der Waals surface area contributed by atoms with E-state index in [0.29, 0.717) is 18.4 Å². The molecule has 2 unspecified atom stereocenters. The van der Waals surface area contributed by atoms with Crippen LogP contribution in [0, 0.1) is 5.92 Å². The molecule has 1 rings (SSSR count). The molecule has 0 bridgehead atoms. The van der Waals surface area contributed by atoms with Gasteiger partial charge in [0.05, 0.1) is 6.04 Å².